The van der Waals surface area contributed by atoms with Crippen LogP contribution in [0.3, 0.4) is 0 Å². The van der Waals surface area contributed by atoms with Crippen molar-refractivity contribution in [3.63, 3.8) is 0 Å². The Morgan fingerprint density at radius 2 is 2.09 bits per heavy atom. The lowest BCUT2D eigenvalue weighted by atomic mass is 9.97. The predicted octanol–water partition coefficient (Wildman–Crippen LogP) is 4.69. The maximum atomic E-state index is 13.6. The highest BCUT2D eigenvalue weighted by Crippen LogP contribution is 2.33. The van der Waals surface area contributed by atoms with E-state index < -0.39 is 0 Å². The topological polar surface area (TPSA) is 67.8 Å². The van der Waals surface area contributed by atoms with Crippen LogP contribution >= 0.6 is 11.3 Å². The zero-order valence-corrected chi connectivity index (χ0v) is 19.4. The van der Waals surface area contributed by atoms with Crippen molar-refractivity contribution in [1.29, 1.82) is 0 Å². The van der Waals surface area contributed by atoms with Gasteiger partial charge in [0, 0.05) is 0 Å². The SMILES string of the molecule is CCc1cc2c(=O)c(-c3nc4ccccc4s3)coc2c(C[NH+]2CCCC[C@@H]2CC)c1O. The van der Waals surface area contributed by atoms with Crippen molar-refractivity contribution in [1.82, 2.24) is 4.98 Å². The van der Waals surface area contributed by atoms with Crippen LogP contribution in [0.1, 0.15) is 50.7 Å². The van der Waals surface area contributed by atoms with Gasteiger partial charge in [0.25, 0.3) is 0 Å². The third kappa shape index (κ3) is 3.61. The van der Waals surface area contributed by atoms with E-state index in [-0.39, 0.29) is 11.2 Å². The molecule has 0 saturated carbocycles. The molecule has 1 aliphatic heterocycles. The lowest BCUT2D eigenvalue weighted by Crippen LogP contribution is -3.15. The number of quaternary nitrogens is 1. The first-order chi connectivity index (χ1) is 15.6. The van der Waals surface area contributed by atoms with Crippen LogP contribution in [0.4, 0.5) is 0 Å². The van der Waals surface area contributed by atoms with Gasteiger partial charge in [-0.05, 0) is 55.9 Å². The molecule has 2 aromatic heterocycles. The van der Waals surface area contributed by atoms with Crippen LogP contribution in [0.5, 0.6) is 5.75 Å². The average Bonchev–Trinajstić information content (AvgIpc) is 3.25. The molecule has 1 aliphatic rings. The van der Waals surface area contributed by atoms with Crippen molar-refractivity contribution in [3.05, 3.63) is 57.9 Å². The maximum absolute atomic E-state index is 13.6. The second-order valence-corrected chi connectivity index (χ2v) is 9.77. The van der Waals surface area contributed by atoms with Crippen LogP contribution in [-0.4, -0.2) is 22.7 Å². The molecule has 4 aromatic rings. The van der Waals surface area contributed by atoms with E-state index in [0.29, 0.717) is 40.5 Å². The molecule has 166 valence electrons. The van der Waals surface area contributed by atoms with E-state index in [1.54, 1.807) is 6.07 Å². The first-order valence-corrected chi connectivity index (χ1v) is 12.4. The summed E-state index contributed by atoms with van der Waals surface area (Å²) in [5.74, 6) is 0.281. The molecule has 0 radical (unpaired) electrons. The minimum Gasteiger partial charge on any atom is -0.507 e. The number of nitrogens with zero attached hydrogens (tertiary/aromatic N) is 1. The molecule has 5 rings (SSSR count). The monoisotopic (exact) mass is 449 g/mol. The predicted molar refractivity (Wildman–Crippen MR) is 130 cm³/mol. The Kier molecular flexibility index (Phi) is 5.74. The Morgan fingerprint density at radius 1 is 1.25 bits per heavy atom. The number of aryl methyl sites for hydroxylation is 1. The number of hydrogen-bond donors (Lipinski definition) is 2. The van der Waals surface area contributed by atoms with Crippen molar-refractivity contribution in [2.75, 3.05) is 6.54 Å². The summed E-state index contributed by atoms with van der Waals surface area (Å²) in [4.78, 5) is 19.7. The minimum atomic E-state index is -0.0815. The van der Waals surface area contributed by atoms with E-state index in [1.165, 1.54) is 41.8 Å². The standard InChI is InChI=1S/C26H28N2O3S/c1-3-16-13-18-24(30)20(26-27-21-10-5-6-11-22(21)32-26)15-31-25(18)19(23(16)29)14-28-12-8-7-9-17(28)4-2/h5-6,10-11,13,15,17,29H,3-4,7-9,12,14H2,1-2H3/p+1/t17-/m0/s1. The molecule has 3 heterocycles. The zero-order valence-electron chi connectivity index (χ0n) is 18.6. The summed E-state index contributed by atoms with van der Waals surface area (Å²) in [6, 6.07) is 10.3. The second-order valence-electron chi connectivity index (χ2n) is 8.74. The van der Waals surface area contributed by atoms with E-state index in [0.717, 1.165) is 34.3 Å². The molecule has 1 unspecified atom stereocenters. The van der Waals surface area contributed by atoms with Crippen LogP contribution in [-0.2, 0) is 13.0 Å². The van der Waals surface area contributed by atoms with Crippen LogP contribution in [0, 0.1) is 0 Å². The number of likely N-dealkylation sites (tertiary alicyclic amines) is 1. The van der Waals surface area contributed by atoms with Gasteiger partial charge in [0.05, 0.1) is 39.3 Å². The molecule has 0 bridgehead atoms. The van der Waals surface area contributed by atoms with Crippen molar-refractivity contribution in [3.8, 4) is 16.3 Å². The van der Waals surface area contributed by atoms with Gasteiger partial charge in [-0.1, -0.05) is 26.0 Å². The van der Waals surface area contributed by atoms with E-state index in [1.807, 2.05) is 31.2 Å². The molecule has 1 fully saturated rings. The smallest absolute Gasteiger partial charge is 0.202 e. The molecule has 2 aromatic carbocycles. The molecule has 5 nitrogen and oxygen atoms in total. The lowest BCUT2D eigenvalue weighted by Gasteiger charge is -2.32. The highest BCUT2D eigenvalue weighted by molar-refractivity contribution is 7.21. The van der Waals surface area contributed by atoms with Crippen LogP contribution in [0.2, 0.25) is 0 Å². The number of benzene rings is 2. The third-order valence-corrected chi connectivity index (χ3v) is 7.96. The van der Waals surface area contributed by atoms with Gasteiger partial charge in [-0.3, -0.25) is 4.79 Å². The number of hydrogen-bond acceptors (Lipinski definition) is 5. The summed E-state index contributed by atoms with van der Waals surface area (Å²) in [6.45, 7) is 6.01. The summed E-state index contributed by atoms with van der Waals surface area (Å²) in [6.07, 6.45) is 6.98. The van der Waals surface area contributed by atoms with Gasteiger partial charge in [-0.2, -0.15) is 0 Å². The highest BCUT2D eigenvalue weighted by atomic mass is 32.1. The largest absolute Gasteiger partial charge is 0.507 e. The van der Waals surface area contributed by atoms with E-state index >= 15 is 0 Å². The first-order valence-electron chi connectivity index (χ1n) is 11.6. The number of thiazole rings is 1. The number of para-hydroxylation sites is 1. The Morgan fingerprint density at radius 3 is 2.88 bits per heavy atom. The number of aromatic hydroxyl groups is 1. The van der Waals surface area contributed by atoms with Gasteiger partial charge in [-0.15, -0.1) is 11.3 Å². The quantitative estimate of drug-likeness (QED) is 0.464. The summed E-state index contributed by atoms with van der Waals surface area (Å²) in [5.41, 5.74) is 3.36. The van der Waals surface area contributed by atoms with Gasteiger partial charge < -0.3 is 14.4 Å². The van der Waals surface area contributed by atoms with Crippen molar-refractivity contribution >= 4 is 32.5 Å². The summed E-state index contributed by atoms with van der Waals surface area (Å²) in [7, 11) is 0. The molecule has 6 heteroatoms. The Labute approximate surface area is 191 Å². The first kappa shape index (κ1) is 21.2. The molecule has 0 amide bonds. The molecular weight excluding hydrogens is 420 g/mol. The molecule has 2 N–H and O–H groups in total. The fourth-order valence-electron chi connectivity index (χ4n) is 5.06. The number of nitrogens with one attached hydrogen (secondary N) is 1. The highest BCUT2D eigenvalue weighted by Gasteiger charge is 2.28. The second kappa shape index (κ2) is 8.68. The molecule has 0 spiro atoms. The normalized spacial score (nSPS) is 19.1. The Bertz CT molecular complexity index is 1310. The number of phenols is 1. The van der Waals surface area contributed by atoms with E-state index in [9.17, 15) is 9.90 Å². The fraction of sp³-hybridized carbons (Fsp3) is 0.385. The number of rotatable bonds is 5. The number of piperidine rings is 1. The van der Waals surface area contributed by atoms with E-state index in [2.05, 4.69) is 11.9 Å². The van der Waals surface area contributed by atoms with Gasteiger partial charge in [0.2, 0.25) is 5.43 Å². The van der Waals surface area contributed by atoms with Crippen LogP contribution < -0.4 is 10.3 Å². The average molecular weight is 450 g/mol. The fourth-order valence-corrected chi connectivity index (χ4v) is 6.03. The summed E-state index contributed by atoms with van der Waals surface area (Å²) in [5, 5.41) is 12.3. The molecular formula is C26H29N2O3S+. The molecule has 32 heavy (non-hydrogen) atoms. The molecule has 1 saturated heterocycles. The van der Waals surface area contributed by atoms with Gasteiger partial charge >= 0.3 is 0 Å². The maximum Gasteiger partial charge on any atom is 0.202 e. The number of fused-ring (bicyclic) bond motifs is 2. The third-order valence-electron chi connectivity index (χ3n) is 6.89. The van der Waals surface area contributed by atoms with Gasteiger partial charge in [0.15, 0.2) is 0 Å². The van der Waals surface area contributed by atoms with Gasteiger partial charge in [-0.25, -0.2) is 4.98 Å². The zero-order chi connectivity index (χ0) is 22.2. The van der Waals surface area contributed by atoms with E-state index in [4.69, 9.17) is 4.42 Å². The summed E-state index contributed by atoms with van der Waals surface area (Å²) < 4.78 is 7.13. The summed E-state index contributed by atoms with van der Waals surface area (Å²) >= 11 is 1.50. The van der Waals surface area contributed by atoms with Crippen LogP contribution in [0.15, 0.2) is 45.8 Å². The molecule has 2 atom stereocenters. The molecule has 0 aliphatic carbocycles. The van der Waals surface area contributed by atoms with Crippen LogP contribution in [0.25, 0.3) is 31.8 Å². The Hall–Kier alpha value is -2.70. The van der Waals surface area contributed by atoms with Gasteiger partial charge in [0.1, 0.15) is 29.1 Å². The van der Waals surface area contributed by atoms with Crippen molar-refractivity contribution < 1.29 is 14.4 Å². The number of phenolic OH excluding ortho intramolecular Hbond substituents is 1. The van der Waals surface area contributed by atoms with Crippen molar-refractivity contribution in [2.45, 2.75) is 58.5 Å². The van der Waals surface area contributed by atoms with Crippen molar-refractivity contribution in [2.24, 2.45) is 0 Å². The lowest BCUT2D eigenvalue weighted by molar-refractivity contribution is -0.944. The number of aromatic nitrogens is 1. The minimum absolute atomic E-state index is 0.0815. The Balaban J connectivity index is 1.65.